The van der Waals surface area contributed by atoms with Gasteiger partial charge in [0, 0.05) is 4.88 Å². The largest absolute Gasteiger partial charge is 0.492 e. The Morgan fingerprint density at radius 3 is 2.63 bits per heavy atom. The first-order valence-electron chi connectivity index (χ1n) is 6.76. The van der Waals surface area contributed by atoms with Crippen LogP contribution in [0.5, 0.6) is 5.75 Å². The molecular formula is C16H21NOS. The maximum atomic E-state index is 5.89. The quantitative estimate of drug-likeness (QED) is 0.818. The van der Waals surface area contributed by atoms with Crippen molar-refractivity contribution in [3.8, 4) is 5.75 Å². The van der Waals surface area contributed by atoms with E-state index in [1.165, 1.54) is 10.4 Å². The summed E-state index contributed by atoms with van der Waals surface area (Å²) in [4.78, 5) is 1.38. The molecule has 0 amide bonds. The van der Waals surface area contributed by atoms with Gasteiger partial charge in [-0.2, -0.15) is 0 Å². The van der Waals surface area contributed by atoms with Gasteiger partial charge in [0.1, 0.15) is 12.4 Å². The van der Waals surface area contributed by atoms with Crippen molar-refractivity contribution in [1.82, 2.24) is 5.32 Å². The van der Waals surface area contributed by atoms with Crippen LogP contribution in [0.4, 0.5) is 0 Å². The number of rotatable bonds is 7. The van der Waals surface area contributed by atoms with Crippen LogP contribution in [-0.4, -0.2) is 13.2 Å². The number of ether oxygens (including phenoxy) is 1. The van der Waals surface area contributed by atoms with Gasteiger partial charge in [0.2, 0.25) is 0 Å². The van der Waals surface area contributed by atoms with Crippen LogP contribution in [0.3, 0.4) is 0 Å². The second kappa shape index (κ2) is 7.31. The van der Waals surface area contributed by atoms with Crippen LogP contribution in [0.1, 0.15) is 29.8 Å². The lowest BCUT2D eigenvalue weighted by Crippen LogP contribution is -2.27. The van der Waals surface area contributed by atoms with E-state index in [0.717, 1.165) is 18.7 Å². The third kappa shape index (κ3) is 4.08. The van der Waals surface area contributed by atoms with Gasteiger partial charge in [0.25, 0.3) is 0 Å². The molecule has 1 aromatic carbocycles. The standard InChI is InChI=1S/C16H21NOS/c1-3-10-17-15(16-13(2)9-11-19-16)12-18-14-7-5-4-6-8-14/h4-9,11,15,17H,3,10,12H2,1-2H3. The first-order chi connectivity index (χ1) is 9.31. The Labute approximate surface area is 119 Å². The maximum absolute atomic E-state index is 5.89. The molecule has 19 heavy (non-hydrogen) atoms. The summed E-state index contributed by atoms with van der Waals surface area (Å²) < 4.78 is 5.89. The fourth-order valence-electron chi connectivity index (χ4n) is 1.98. The normalized spacial score (nSPS) is 12.3. The van der Waals surface area contributed by atoms with Crippen LogP contribution in [0.25, 0.3) is 0 Å². The van der Waals surface area contributed by atoms with Crippen molar-refractivity contribution in [1.29, 1.82) is 0 Å². The van der Waals surface area contributed by atoms with Gasteiger partial charge in [0.05, 0.1) is 6.04 Å². The Morgan fingerprint density at radius 1 is 1.21 bits per heavy atom. The van der Waals surface area contributed by atoms with Gasteiger partial charge in [-0.25, -0.2) is 0 Å². The molecule has 0 bridgehead atoms. The number of nitrogens with one attached hydrogen (secondary N) is 1. The van der Waals surface area contributed by atoms with Crippen molar-refractivity contribution in [2.75, 3.05) is 13.2 Å². The first-order valence-corrected chi connectivity index (χ1v) is 7.64. The SMILES string of the molecule is CCCNC(COc1ccccc1)c1sccc1C. The molecule has 3 heteroatoms. The molecule has 0 radical (unpaired) electrons. The molecule has 0 fully saturated rings. The Kier molecular flexibility index (Phi) is 5.43. The highest BCUT2D eigenvalue weighted by molar-refractivity contribution is 7.10. The van der Waals surface area contributed by atoms with Crippen molar-refractivity contribution in [3.05, 3.63) is 52.2 Å². The van der Waals surface area contributed by atoms with Gasteiger partial charge in [-0.3, -0.25) is 0 Å². The Bertz CT molecular complexity index is 481. The van der Waals surface area contributed by atoms with Crippen LogP contribution < -0.4 is 10.1 Å². The van der Waals surface area contributed by atoms with Crippen molar-refractivity contribution in [3.63, 3.8) is 0 Å². The van der Waals surface area contributed by atoms with E-state index in [1.807, 2.05) is 30.3 Å². The van der Waals surface area contributed by atoms with Gasteiger partial charge < -0.3 is 10.1 Å². The third-order valence-electron chi connectivity index (χ3n) is 3.02. The maximum Gasteiger partial charge on any atom is 0.119 e. The summed E-state index contributed by atoms with van der Waals surface area (Å²) in [5, 5.41) is 5.71. The second-order valence-corrected chi connectivity index (χ2v) is 5.55. The van der Waals surface area contributed by atoms with Crippen LogP contribution in [0.15, 0.2) is 41.8 Å². The van der Waals surface area contributed by atoms with Gasteiger partial charge >= 0.3 is 0 Å². The number of hydrogen-bond acceptors (Lipinski definition) is 3. The summed E-state index contributed by atoms with van der Waals surface area (Å²) in [5.41, 5.74) is 1.34. The number of para-hydroxylation sites is 1. The lowest BCUT2D eigenvalue weighted by molar-refractivity contribution is 0.268. The van der Waals surface area contributed by atoms with Gasteiger partial charge in [0.15, 0.2) is 0 Å². The number of aryl methyl sites for hydroxylation is 1. The van der Waals surface area contributed by atoms with E-state index >= 15 is 0 Å². The van der Waals surface area contributed by atoms with Crippen LogP contribution >= 0.6 is 11.3 Å². The van der Waals surface area contributed by atoms with E-state index in [2.05, 4.69) is 30.6 Å². The molecule has 1 heterocycles. The molecule has 2 aromatic rings. The van der Waals surface area contributed by atoms with Gasteiger partial charge in [-0.15, -0.1) is 11.3 Å². The zero-order valence-corrected chi connectivity index (χ0v) is 12.4. The van der Waals surface area contributed by atoms with Crippen molar-refractivity contribution in [2.24, 2.45) is 0 Å². The van der Waals surface area contributed by atoms with Crippen molar-refractivity contribution < 1.29 is 4.74 Å². The van der Waals surface area contributed by atoms with E-state index in [1.54, 1.807) is 11.3 Å². The minimum Gasteiger partial charge on any atom is -0.492 e. The molecule has 0 aliphatic carbocycles. The summed E-state index contributed by atoms with van der Waals surface area (Å²) in [6, 6.07) is 12.4. The minimum atomic E-state index is 0.278. The molecule has 1 N–H and O–H groups in total. The Hall–Kier alpha value is -1.32. The predicted molar refractivity (Wildman–Crippen MR) is 82.0 cm³/mol. The summed E-state index contributed by atoms with van der Waals surface area (Å²) in [7, 11) is 0. The van der Waals surface area contributed by atoms with Crippen molar-refractivity contribution in [2.45, 2.75) is 26.3 Å². The molecule has 1 aromatic heterocycles. The summed E-state index contributed by atoms with van der Waals surface area (Å²) in [6.07, 6.45) is 1.13. The van der Waals surface area contributed by atoms with Crippen LogP contribution in [-0.2, 0) is 0 Å². The van der Waals surface area contributed by atoms with E-state index in [4.69, 9.17) is 4.74 Å². The molecule has 2 rings (SSSR count). The zero-order chi connectivity index (χ0) is 13.5. The highest BCUT2D eigenvalue weighted by atomic mass is 32.1. The smallest absolute Gasteiger partial charge is 0.119 e. The molecule has 0 aliphatic rings. The van der Waals surface area contributed by atoms with Crippen LogP contribution in [0, 0.1) is 6.92 Å². The topological polar surface area (TPSA) is 21.3 Å². The fraction of sp³-hybridized carbons (Fsp3) is 0.375. The first kappa shape index (κ1) is 14.1. The highest BCUT2D eigenvalue weighted by Crippen LogP contribution is 2.25. The Morgan fingerprint density at radius 2 is 2.00 bits per heavy atom. The molecule has 0 saturated carbocycles. The molecule has 0 saturated heterocycles. The average molecular weight is 275 g/mol. The molecule has 2 nitrogen and oxygen atoms in total. The average Bonchev–Trinajstić information content (AvgIpc) is 2.86. The van der Waals surface area contributed by atoms with E-state index in [0.29, 0.717) is 6.61 Å². The van der Waals surface area contributed by atoms with Gasteiger partial charge in [-0.1, -0.05) is 25.1 Å². The number of hydrogen-bond donors (Lipinski definition) is 1. The molecule has 1 unspecified atom stereocenters. The van der Waals surface area contributed by atoms with E-state index < -0.39 is 0 Å². The molecule has 0 spiro atoms. The minimum absolute atomic E-state index is 0.278. The predicted octanol–water partition coefficient (Wildman–Crippen LogP) is 4.18. The fourth-order valence-corrected chi connectivity index (χ4v) is 2.97. The lowest BCUT2D eigenvalue weighted by atomic mass is 10.1. The molecule has 0 aliphatic heterocycles. The number of thiophene rings is 1. The summed E-state index contributed by atoms with van der Waals surface area (Å²) >= 11 is 1.80. The molecule has 102 valence electrons. The zero-order valence-electron chi connectivity index (χ0n) is 11.6. The molecule has 1 atom stereocenters. The Balaban J connectivity index is 2.00. The van der Waals surface area contributed by atoms with Gasteiger partial charge in [-0.05, 0) is 49.0 Å². The third-order valence-corrected chi connectivity index (χ3v) is 4.15. The molecular weight excluding hydrogens is 254 g/mol. The highest BCUT2D eigenvalue weighted by Gasteiger charge is 2.15. The van der Waals surface area contributed by atoms with Crippen LogP contribution in [0.2, 0.25) is 0 Å². The second-order valence-electron chi connectivity index (χ2n) is 4.60. The van der Waals surface area contributed by atoms with E-state index in [9.17, 15) is 0 Å². The van der Waals surface area contributed by atoms with Crippen molar-refractivity contribution >= 4 is 11.3 Å². The monoisotopic (exact) mass is 275 g/mol. The van der Waals surface area contributed by atoms with E-state index in [-0.39, 0.29) is 6.04 Å². The lowest BCUT2D eigenvalue weighted by Gasteiger charge is -2.19. The summed E-state index contributed by atoms with van der Waals surface area (Å²) in [6.45, 7) is 6.03. The number of benzene rings is 1. The summed E-state index contributed by atoms with van der Waals surface area (Å²) in [5.74, 6) is 0.931.